The van der Waals surface area contributed by atoms with E-state index < -0.39 is 0 Å². The Bertz CT molecular complexity index is 1630. The van der Waals surface area contributed by atoms with Crippen LogP contribution in [0, 0.1) is 0 Å². The van der Waals surface area contributed by atoms with Gasteiger partial charge in [0.1, 0.15) is 0 Å². The molecule has 6 aromatic rings. The molecular formula is C35H32N2. The van der Waals surface area contributed by atoms with Crippen molar-refractivity contribution >= 4 is 21.8 Å². The van der Waals surface area contributed by atoms with E-state index in [9.17, 15) is 0 Å². The van der Waals surface area contributed by atoms with Crippen LogP contribution in [0.3, 0.4) is 0 Å². The number of para-hydroxylation sites is 2. The van der Waals surface area contributed by atoms with Crippen molar-refractivity contribution in [2.75, 3.05) is 0 Å². The predicted molar refractivity (Wildman–Crippen MR) is 158 cm³/mol. The fourth-order valence-corrected chi connectivity index (χ4v) is 5.62. The Hall–Kier alpha value is -4.14. The molecule has 0 aliphatic carbocycles. The highest BCUT2D eigenvalue weighted by molar-refractivity contribution is 6.09. The van der Waals surface area contributed by atoms with Gasteiger partial charge in [0.25, 0.3) is 0 Å². The van der Waals surface area contributed by atoms with Crippen LogP contribution in [-0.2, 0) is 5.54 Å². The van der Waals surface area contributed by atoms with Crippen molar-refractivity contribution in [2.45, 2.75) is 32.2 Å². The predicted octanol–water partition coefficient (Wildman–Crippen LogP) is 9.09. The Balaban J connectivity index is 1.40. The SMILES string of the molecule is CCC(N)(CC)c1ccc(-c2ccccc2-c2ccc(-n3c4ccccc4c4ccccc43)cc2)cc1. The van der Waals surface area contributed by atoms with Gasteiger partial charge in [0.2, 0.25) is 0 Å². The van der Waals surface area contributed by atoms with Gasteiger partial charge in [0, 0.05) is 22.0 Å². The third kappa shape index (κ3) is 3.94. The molecule has 0 unspecified atom stereocenters. The molecule has 0 atom stereocenters. The maximum absolute atomic E-state index is 6.65. The number of rotatable bonds is 6. The fraction of sp³-hybridized carbons (Fsp3) is 0.143. The molecule has 0 saturated carbocycles. The molecule has 2 nitrogen and oxygen atoms in total. The third-order valence-corrected chi connectivity index (χ3v) is 7.98. The summed E-state index contributed by atoms with van der Waals surface area (Å²) in [6, 6.07) is 43.7. The molecule has 0 aliphatic rings. The number of hydrogen-bond acceptors (Lipinski definition) is 1. The summed E-state index contributed by atoms with van der Waals surface area (Å²) in [5.74, 6) is 0. The minimum absolute atomic E-state index is 0.263. The van der Waals surface area contributed by atoms with Crippen LogP contribution >= 0.6 is 0 Å². The van der Waals surface area contributed by atoms with E-state index in [0.29, 0.717) is 0 Å². The average Bonchev–Trinajstić information content (AvgIpc) is 3.31. The monoisotopic (exact) mass is 480 g/mol. The summed E-state index contributed by atoms with van der Waals surface area (Å²) in [5, 5.41) is 2.56. The van der Waals surface area contributed by atoms with Crippen molar-refractivity contribution in [1.29, 1.82) is 0 Å². The van der Waals surface area contributed by atoms with Crippen molar-refractivity contribution in [3.05, 3.63) is 127 Å². The maximum atomic E-state index is 6.65. The highest BCUT2D eigenvalue weighted by atomic mass is 15.0. The van der Waals surface area contributed by atoms with Crippen molar-refractivity contribution in [3.63, 3.8) is 0 Å². The molecule has 0 amide bonds. The van der Waals surface area contributed by atoms with Gasteiger partial charge in [-0.05, 0) is 64.9 Å². The van der Waals surface area contributed by atoms with Crippen LogP contribution in [0.5, 0.6) is 0 Å². The number of aromatic nitrogens is 1. The first-order valence-electron chi connectivity index (χ1n) is 13.2. The zero-order valence-corrected chi connectivity index (χ0v) is 21.5. The van der Waals surface area contributed by atoms with Crippen molar-refractivity contribution < 1.29 is 0 Å². The number of nitrogens with zero attached hydrogens (tertiary/aromatic N) is 1. The molecule has 0 radical (unpaired) electrons. The van der Waals surface area contributed by atoms with Gasteiger partial charge in [-0.25, -0.2) is 0 Å². The first-order valence-corrected chi connectivity index (χ1v) is 13.2. The lowest BCUT2D eigenvalue weighted by atomic mass is 9.84. The highest BCUT2D eigenvalue weighted by Gasteiger charge is 2.22. The van der Waals surface area contributed by atoms with Gasteiger partial charge in [-0.3, -0.25) is 0 Å². The number of benzene rings is 5. The Kier molecular flexibility index (Phi) is 5.90. The van der Waals surface area contributed by atoms with Gasteiger partial charge in [0.15, 0.2) is 0 Å². The van der Waals surface area contributed by atoms with Gasteiger partial charge in [-0.1, -0.05) is 111 Å². The molecule has 2 N–H and O–H groups in total. The topological polar surface area (TPSA) is 30.9 Å². The van der Waals surface area contributed by atoms with E-state index in [1.807, 2.05) is 0 Å². The number of hydrogen-bond donors (Lipinski definition) is 1. The van der Waals surface area contributed by atoms with Gasteiger partial charge in [-0.15, -0.1) is 0 Å². The molecule has 0 fully saturated rings. The molecule has 0 bridgehead atoms. The van der Waals surface area contributed by atoms with E-state index in [1.54, 1.807) is 0 Å². The smallest absolute Gasteiger partial charge is 0.0541 e. The molecule has 1 heterocycles. The second-order valence-electron chi connectivity index (χ2n) is 9.90. The fourth-order valence-electron chi connectivity index (χ4n) is 5.62. The number of nitrogens with two attached hydrogens (primary N) is 1. The standard InChI is InChI=1S/C35H32N2/c1-3-35(36,4-2)27-21-17-25(18-22-27)29-11-5-6-12-30(29)26-19-23-28(24-20-26)37-33-15-9-7-13-31(33)32-14-8-10-16-34(32)37/h5-24H,3-4,36H2,1-2H3. The third-order valence-electron chi connectivity index (χ3n) is 7.98. The summed E-state index contributed by atoms with van der Waals surface area (Å²) in [6.07, 6.45) is 1.86. The highest BCUT2D eigenvalue weighted by Crippen LogP contribution is 2.36. The second-order valence-corrected chi connectivity index (χ2v) is 9.90. The molecule has 2 heteroatoms. The Morgan fingerprint density at radius 3 is 1.46 bits per heavy atom. The van der Waals surface area contributed by atoms with Crippen LogP contribution in [-0.4, -0.2) is 4.57 Å². The minimum Gasteiger partial charge on any atom is -0.321 e. The molecule has 6 rings (SSSR count). The summed E-state index contributed by atoms with van der Waals surface area (Å²) in [6.45, 7) is 4.32. The van der Waals surface area contributed by atoms with Crippen molar-refractivity contribution in [1.82, 2.24) is 4.57 Å². The molecule has 0 spiro atoms. The molecular weight excluding hydrogens is 448 g/mol. The van der Waals surface area contributed by atoms with Gasteiger partial charge in [0.05, 0.1) is 11.0 Å². The largest absolute Gasteiger partial charge is 0.321 e. The van der Waals surface area contributed by atoms with Crippen LogP contribution < -0.4 is 5.73 Å². The van der Waals surface area contributed by atoms with Gasteiger partial charge >= 0.3 is 0 Å². The Morgan fingerprint density at radius 1 is 0.541 bits per heavy atom. The molecule has 5 aromatic carbocycles. The second kappa shape index (κ2) is 9.38. The zero-order chi connectivity index (χ0) is 25.4. The van der Waals surface area contributed by atoms with E-state index in [2.05, 4.69) is 140 Å². The number of fused-ring (bicyclic) bond motifs is 3. The summed E-state index contributed by atoms with van der Waals surface area (Å²) in [4.78, 5) is 0. The minimum atomic E-state index is -0.263. The first-order chi connectivity index (χ1) is 18.1. The Morgan fingerprint density at radius 2 is 0.973 bits per heavy atom. The Labute approximate surface area is 219 Å². The molecule has 0 aliphatic heterocycles. The zero-order valence-electron chi connectivity index (χ0n) is 21.5. The summed E-state index contributed by atoms with van der Waals surface area (Å²) in [5.41, 5.74) is 16.1. The lowest BCUT2D eigenvalue weighted by Crippen LogP contribution is -2.34. The van der Waals surface area contributed by atoms with Crippen LogP contribution in [0.25, 0.3) is 49.7 Å². The van der Waals surface area contributed by atoms with E-state index in [-0.39, 0.29) is 5.54 Å². The lowest BCUT2D eigenvalue weighted by Gasteiger charge is -2.27. The van der Waals surface area contributed by atoms with E-state index in [0.717, 1.165) is 12.8 Å². The summed E-state index contributed by atoms with van der Waals surface area (Å²) >= 11 is 0. The van der Waals surface area contributed by atoms with Gasteiger partial charge in [-0.2, -0.15) is 0 Å². The average molecular weight is 481 g/mol. The van der Waals surface area contributed by atoms with E-state index in [4.69, 9.17) is 5.73 Å². The van der Waals surface area contributed by atoms with Crippen LogP contribution in [0.1, 0.15) is 32.3 Å². The van der Waals surface area contributed by atoms with Crippen molar-refractivity contribution in [3.8, 4) is 27.9 Å². The molecule has 37 heavy (non-hydrogen) atoms. The molecule has 1 aromatic heterocycles. The van der Waals surface area contributed by atoms with Gasteiger partial charge < -0.3 is 10.3 Å². The lowest BCUT2D eigenvalue weighted by molar-refractivity contribution is 0.413. The van der Waals surface area contributed by atoms with Crippen LogP contribution in [0.15, 0.2) is 121 Å². The maximum Gasteiger partial charge on any atom is 0.0541 e. The van der Waals surface area contributed by atoms with Crippen LogP contribution in [0.4, 0.5) is 0 Å². The molecule has 0 saturated heterocycles. The summed E-state index contributed by atoms with van der Waals surface area (Å²) in [7, 11) is 0. The normalized spacial score (nSPS) is 11.9. The van der Waals surface area contributed by atoms with Crippen molar-refractivity contribution in [2.24, 2.45) is 5.73 Å². The molecule has 182 valence electrons. The van der Waals surface area contributed by atoms with Crippen LogP contribution in [0.2, 0.25) is 0 Å². The van der Waals surface area contributed by atoms with E-state index >= 15 is 0 Å². The van der Waals surface area contributed by atoms with E-state index in [1.165, 1.54) is 55.3 Å². The first kappa shape index (κ1) is 23.3. The quantitative estimate of drug-likeness (QED) is 0.253. The summed E-state index contributed by atoms with van der Waals surface area (Å²) < 4.78 is 2.36.